The van der Waals surface area contributed by atoms with Crippen LogP contribution < -0.4 is 0 Å². The normalized spacial score (nSPS) is 10.9. The van der Waals surface area contributed by atoms with E-state index in [0.29, 0.717) is 13.0 Å². The summed E-state index contributed by atoms with van der Waals surface area (Å²) < 4.78 is 1.90. The molecule has 0 atom stereocenters. The van der Waals surface area contributed by atoms with Crippen LogP contribution in [0.5, 0.6) is 0 Å². The number of aromatic nitrogens is 3. The van der Waals surface area contributed by atoms with Gasteiger partial charge in [0.1, 0.15) is 0 Å². The summed E-state index contributed by atoms with van der Waals surface area (Å²) in [5.41, 5.74) is 5.02. The summed E-state index contributed by atoms with van der Waals surface area (Å²) in [5, 5.41) is 4.38. The van der Waals surface area contributed by atoms with Gasteiger partial charge in [-0.1, -0.05) is 0 Å². The number of rotatable bonds is 6. The first-order valence-corrected chi connectivity index (χ1v) is 7.99. The quantitative estimate of drug-likeness (QED) is 0.823. The molecule has 2 heterocycles. The summed E-state index contributed by atoms with van der Waals surface area (Å²) in [6.07, 6.45) is 1.36. The average Bonchev–Trinajstić information content (AvgIpc) is 2.98. The molecule has 0 fully saturated rings. The van der Waals surface area contributed by atoms with E-state index in [2.05, 4.69) is 10.1 Å². The number of thiazole rings is 1. The SMILES string of the molecule is Cc1cc(C)n(CCC(=O)N(C)CCc2scnc2C)n1. The Kier molecular flexibility index (Phi) is 5.12. The van der Waals surface area contributed by atoms with E-state index in [1.165, 1.54) is 4.88 Å². The Morgan fingerprint density at radius 3 is 2.71 bits per heavy atom. The molecule has 0 aromatic carbocycles. The zero-order valence-corrected chi connectivity index (χ0v) is 13.9. The lowest BCUT2D eigenvalue weighted by molar-refractivity contribution is -0.130. The van der Waals surface area contributed by atoms with Gasteiger partial charge < -0.3 is 4.90 Å². The number of amides is 1. The molecule has 0 N–H and O–H groups in total. The Bertz CT molecular complexity index is 617. The third-order valence-electron chi connectivity index (χ3n) is 3.59. The molecule has 0 bridgehead atoms. The van der Waals surface area contributed by atoms with Crippen molar-refractivity contribution in [3.63, 3.8) is 0 Å². The standard InChI is InChI=1S/C15H22N4OS/c1-11-9-12(2)19(17-11)8-6-15(20)18(4)7-5-14-13(3)16-10-21-14/h9-10H,5-8H2,1-4H3. The number of likely N-dealkylation sites (N-methyl/N-ethyl adjacent to an activating group) is 1. The Morgan fingerprint density at radius 1 is 1.38 bits per heavy atom. The zero-order valence-electron chi connectivity index (χ0n) is 13.1. The van der Waals surface area contributed by atoms with Crippen molar-refractivity contribution in [3.8, 4) is 0 Å². The first-order chi connectivity index (χ1) is 9.97. The van der Waals surface area contributed by atoms with E-state index in [4.69, 9.17) is 0 Å². The van der Waals surface area contributed by atoms with E-state index in [0.717, 1.165) is 30.0 Å². The largest absolute Gasteiger partial charge is 0.345 e. The Morgan fingerprint density at radius 2 is 2.14 bits per heavy atom. The summed E-state index contributed by atoms with van der Waals surface area (Å²) in [5.74, 6) is 0.157. The summed E-state index contributed by atoms with van der Waals surface area (Å²) >= 11 is 1.65. The Balaban J connectivity index is 1.80. The molecular formula is C15H22N4OS. The second-order valence-corrected chi connectivity index (χ2v) is 6.27. The van der Waals surface area contributed by atoms with Gasteiger partial charge in [-0.05, 0) is 26.8 Å². The van der Waals surface area contributed by atoms with Gasteiger partial charge >= 0.3 is 0 Å². The van der Waals surface area contributed by atoms with Crippen molar-refractivity contribution in [1.82, 2.24) is 19.7 Å². The molecule has 0 spiro atoms. The van der Waals surface area contributed by atoms with Gasteiger partial charge in [-0.2, -0.15) is 5.10 Å². The van der Waals surface area contributed by atoms with Crippen LogP contribution in [-0.2, 0) is 17.8 Å². The van der Waals surface area contributed by atoms with Gasteiger partial charge in [0.25, 0.3) is 0 Å². The van der Waals surface area contributed by atoms with E-state index >= 15 is 0 Å². The van der Waals surface area contributed by atoms with Crippen molar-refractivity contribution >= 4 is 17.2 Å². The molecule has 2 aromatic heterocycles. The van der Waals surface area contributed by atoms with Gasteiger partial charge in [-0.25, -0.2) is 4.98 Å². The minimum atomic E-state index is 0.157. The van der Waals surface area contributed by atoms with Gasteiger partial charge in [0, 0.05) is 43.5 Å². The minimum absolute atomic E-state index is 0.157. The fourth-order valence-corrected chi connectivity index (χ4v) is 3.02. The Hall–Kier alpha value is -1.69. The van der Waals surface area contributed by atoms with Crippen molar-refractivity contribution in [2.75, 3.05) is 13.6 Å². The van der Waals surface area contributed by atoms with Crippen LogP contribution in [0.15, 0.2) is 11.6 Å². The van der Waals surface area contributed by atoms with E-state index in [1.807, 2.05) is 44.1 Å². The zero-order chi connectivity index (χ0) is 15.4. The van der Waals surface area contributed by atoms with Crippen molar-refractivity contribution in [1.29, 1.82) is 0 Å². The van der Waals surface area contributed by atoms with Gasteiger partial charge in [-0.3, -0.25) is 9.48 Å². The monoisotopic (exact) mass is 306 g/mol. The second kappa shape index (κ2) is 6.85. The highest BCUT2D eigenvalue weighted by molar-refractivity contribution is 7.09. The molecule has 6 heteroatoms. The van der Waals surface area contributed by atoms with E-state index in [9.17, 15) is 4.79 Å². The number of carbonyl (C=O) groups is 1. The predicted octanol–water partition coefficient (Wildman–Crippen LogP) is 2.36. The lowest BCUT2D eigenvalue weighted by Gasteiger charge is -2.17. The molecule has 2 rings (SSSR count). The highest BCUT2D eigenvalue weighted by Crippen LogP contribution is 2.13. The van der Waals surface area contributed by atoms with E-state index in [-0.39, 0.29) is 5.91 Å². The maximum absolute atomic E-state index is 12.2. The fraction of sp³-hybridized carbons (Fsp3) is 0.533. The molecular weight excluding hydrogens is 284 g/mol. The lowest BCUT2D eigenvalue weighted by atomic mass is 10.2. The topological polar surface area (TPSA) is 51.0 Å². The van der Waals surface area contributed by atoms with Crippen molar-refractivity contribution < 1.29 is 4.79 Å². The van der Waals surface area contributed by atoms with Gasteiger partial charge in [-0.15, -0.1) is 11.3 Å². The Labute approximate surface area is 129 Å². The van der Waals surface area contributed by atoms with Crippen LogP contribution in [0.25, 0.3) is 0 Å². The fourth-order valence-electron chi connectivity index (χ4n) is 2.25. The molecule has 114 valence electrons. The average molecular weight is 306 g/mol. The molecule has 0 aliphatic rings. The molecule has 5 nitrogen and oxygen atoms in total. The van der Waals surface area contributed by atoms with E-state index in [1.54, 1.807) is 16.2 Å². The summed E-state index contributed by atoms with van der Waals surface area (Å²) in [6, 6.07) is 2.03. The van der Waals surface area contributed by atoms with Crippen LogP contribution in [0, 0.1) is 20.8 Å². The van der Waals surface area contributed by atoms with Crippen LogP contribution in [0.1, 0.15) is 28.4 Å². The highest BCUT2D eigenvalue weighted by Gasteiger charge is 2.11. The highest BCUT2D eigenvalue weighted by atomic mass is 32.1. The van der Waals surface area contributed by atoms with Crippen LogP contribution in [0.2, 0.25) is 0 Å². The molecule has 0 radical (unpaired) electrons. The van der Waals surface area contributed by atoms with Gasteiger partial charge in [0.15, 0.2) is 0 Å². The number of hydrogen-bond acceptors (Lipinski definition) is 4. The van der Waals surface area contributed by atoms with Gasteiger partial charge in [0.05, 0.1) is 16.9 Å². The van der Waals surface area contributed by atoms with Crippen molar-refractivity contribution in [2.24, 2.45) is 0 Å². The van der Waals surface area contributed by atoms with Crippen LogP contribution in [0.3, 0.4) is 0 Å². The molecule has 0 unspecified atom stereocenters. The molecule has 0 aliphatic heterocycles. The molecule has 1 amide bonds. The van der Waals surface area contributed by atoms with Crippen LogP contribution in [-0.4, -0.2) is 39.2 Å². The van der Waals surface area contributed by atoms with Crippen molar-refractivity contribution in [3.05, 3.63) is 33.5 Å². The smallest absolute Gasteiger partial charge is 0.224 e. The van der Waals surface area contributed by atoms with Crippen LogP contribution >= 0.6 is 11.3 Å². The minimum Gasteiger partial charge on any atom is -0.345 e. The number of nitrogens with zero attached hydrogens (tertiary/aromatic N) is 4. The molecule has 0 aliphatic carbocycles. The molecule has 0 saturated heterocycles. The number of hydrogen-bond donors (Lipinski definition) is 0. The maximum Gasteiger partial charge on any atom is 0.224 e. The van der Waals surface area contributed by atoms with Crippen LogP contribution in [0.4, 0.5) is 0 Å². The summed E-state index contributed by atoms with van der Waals surface area (Å²) in [6.45, 7) is 7.37. The summed E-state index contributed by atoms with van der Waals surface area (Å²) in [7, 11) is 1.86. The molecule has 0 saturated carbocycles. The van der Waals surface area contributed by atoms with Gasteiger partial charge in [0.2, 0.25) is 5.91 Å². The first kappa shape index (κ1) is 15.7. The van der Waals surface area contributed by atoms with E-state index < -0.39 is 0 Å². The number of aryl methyl sites for hydroxylation is 4. The van der Waals surface area contributed by atoms with Crippen molar-refractivity contribution in [2.45, 2.75) is 40.2 Å². The molecule has 21 heavy (non-hydrogen) atoms. The first-order valence-electron chi connectivity index (χ1n) is 7.11. The third-order valence-corrected chi connectivity index (χ3v) is 4.58. The molecule has 2 aromatic rings. The number of carbonyl (C=O) groups excluding carboxylic acids is 1. The lowest BCUT2D eigenvalue weighted by Crippen LogP contribution is -2.29. The maximum atomic E-state index is 12.2. The predicted molar refractivity (Wildman–Crippen MR) is 84.5 cm³/mol. The second-order valence-electron chi connectivity index (χ2n) is 5.33. The third kappa shape index (κ3) is 4.14. The summed E-state index contributed by atoms with van der Waals surface area (Å²) in [4.78, 5) is 19.4.